The van der Waals surface area contributed by atoms with E-state index in [9.17, 15) is 5.11 Å². The van der Waals surface area contributed by atoms with Gasteiger partial charge in [0, 0.05) is 17.9 Å². The summed E-state index contributed by atoms with van der Waals surface area (Å²) in [6, 6.07) is 8.57. The fourth-order valence-corrected chi connectivity index (χ4v) is 3.32. The van der Waals surface area contributed by atoms with Crippen LogP contribution in [0.1, 0.15) is 42.7 Å². The summed E-state index contributed by atoms with van der Waals surface area (Å²) in [6.45, 7) is 3.00. The Kier molecular flexibility index (Phi) is 3.85. The minimum absolute atomic E-state index is 0.0303. The average molecular weight is 233 g/mol. The van der Waals surface area contributed by atoms with E-state index in [4.69, 9.17) is 5.73 Å². The quantitative estimate of drug-likeness (QED) is 0.839. The minimum Gasteiger partial charge on any atom is -0.396 e. The highest BCUT2D eigenvalue weighted by atomic mass is 16.3. The molecule has 94 valence electrons. The summed E-state index contributed by atoms with van der Waals surface area (Å²) in [6.07, 6.45) is 4.67. The van der Waals surface area contributed by atoms with Gasteiger partial charge in [0.15, 0.2) is 0 Å². The van der Waals surface area contributed by atoms with Crippen LogP contribution in [0.15, 0.2) is 24.3 Å². The molecule has 0 amide bonds. The van der Waals surface area contributed by atoms with E-state index in [-0.39, 0.29) is 12.0 Å². The first-order valence-corrected chi connectivity index (χ1v) is 6.59. The number of aliphatic hydroxyl groups excluding tert-OH is 1. The Morgan fingerprint density at radius 3 is 2.59 bits per heavy atom. The summed E-state index contributed by atoms with van der Waals surface area (Å²) in [5.41, 5.74) is 8.58. The second-order valence-electron chi connectivity index (χ2n) is 5.43. The lowest BCUT2D eigenvalue weighted by molar-refractivity contribution is 0.102. The monoisotopic (exact) mass is 233 g/mol. The molecule has 0 bridgehead atoms. The molecule has 17 heavy (non-hydrogen) atoms. The van der Waals surface area contributed by atoms with E-state index in [1.807, 2.05) is 0 Å². The van der Waals surface area contributed by atoms with E-state index < -0.39 is 0 Å². The molecule has 2 rings (SSSR count). The van der Waals surface area contributed by atoms with Crippen molar-refractivity contribution >= 4 is 0 Å². The predicted octanol–water partition coefficient (Wildman–Crippen LogP) is 2.59. The van der Waals surface area contributed by atoms with Crippen LogP contribution in [0, 0.1) is 12.3 Å². The Bertz CT molecular complexity index is 369. The fraction of sp³-hybridized carbons (Fsp3) is 0.600. The van der Waals surface area contributed by atoms with Gasteiger partial charge in [-0.1, -0.05) is 42.7 Å². The topological polar surface area (TPSA) is 46.2 Å². The lowest BCUT2D eigenvalue weighted by atomic mass is 9.71. The van der Waals surface area contributed by atoms with Crippen LogP contribution in [0.3, 0.4) is 0 Å². The van der Waals surface area contributed by atoms with E-state index in [0.29, 0.717) is 12.5 Å². The number of nitrogens with two attached hydrogens (primary N) is 1. The molecular formula is C15H23NO. The predicted molar refractivity (Wildman–Crippen MR) is 71.0 cm³/mol. The molecule has 1 atom stereocenters. The minimum atomic E-state index is 0.0303. The maximum absolute atomic E-state index is 9.79. The summed E-state index contributed by atoms with van der Waals surface area (Å²) < 4.78 is 0. The molecule has 0 saturated heterocycles. The van der Waals surface area contributed by atoms with E-state index >= 15 is 0 Å². The van der Waals surface area contributed by atoms with Gasteiger partial charge in [-0.3, -0.25) is 0 Å². The zero-order valence-corrected chi connectivity index (χ0v) is 10.7. The van der Waals surface area contributed by atoms with E-state index in [2.05, 4.69) is 31.2 Å². The summed E-state index contributed by atoms with van der Waals surface area (Å²) in [4.78, 5) is 0. The normalized spacial score (nSPS) is 20.4. The van der Waals surface area contributed by atoms with Crippen LogP contribution in [-0.2, 0) is 0 Å². The van der Waals surface area contributed by atoms with E-state index in [1.165, 1.54) is 24.0 Å². The number of hydrogen-bond acceptors (Lipinski definition) is 2. The van der Waals surface area contributed by atoms with Gasteiger partial charge in [-0.25, -0.2) is 0 Å². The highest BCUT2D eigenvalue weighted by molar-refractivity contribution is 5.28. The van der Waals surface area contributed by atoms with Crippen molar-refractivity contribution in [3.05, 3.63) is 35.4 Å². The van der Waals surface area contributed by atoms with Gasteiger partial charge < -0.3 is 10.8 Å². The number of hydrogen-bond donors (Lipinski definition) is 2. The third-order valence-corrected chi connectivity index (χ3v) is 4.33. The molecule has 2 nitrogen and oxygen atoms in total. The zero-order chi connectivity index (χ0) is 12.3. The van der Waals surface area contributed by atoms with Crippen molar-refractivity contribution < 1.29 is 5.11 Å². The third-order valence-electron chi connectivity index (χ3n) is 4.33. The smallest absolute Gasteiger partial charge is 0.0493 e. The Hall–Kier alpha value is -0.860. The van der Waals surface area contributed by atoms with Crippen LogP contribution in [-0.4, -0.2) is 18.3 Å². The number of rotatable bonds is 4. The fourth-order valence-electron chi connectivity index (χ4n) is 3.32. The molecule has 0 aliphatic heterocycles. The first-order chi connectivity index (χ1) is 8.22. The van der Waals surface area contributed by atoms with Gasteiger partial charge >= 0.3 is 0 Å². The molecule has 1 saturated carbocycles. The van der Waals surface area contributed by atoms with Gasteiger partial charge in [0.1, 0.15) is 0 Å². The summed E-state index contributed by atoms with van der Waals surface area (Å²) in [5, 5.41) is 9.79. The van der Waals surface area contributed by atoms with Gasteiger partial charge in [0.2, 0.25) is 0 Å². The molecule has 1 fully saturated rings. The third kappa shape index (κ3) is 2.38. The van der Waals surface area contributed by atoms with Crippen molar-refractivity contribution in [1.82, 2.24) is 0 Å². The molecule has 0 heterocycles. The van der Waals surface area contributed by atoms with Crippen molar-refractivity contribution in [2.45, 2.75) is 38.5 Å². The van der Waals surface area contributed by atoms with Crippen LogP contribution in [0.25, 0.3) is 0 Å². The van der Waals surface area contributed by atoms with Crippen molar-refractivity contribution in [3.8, 4) is 0 Å². The molecule has 3 N–H and O–H groups in total. The van der Waals surface area contributed by atoms with Crippen molar-refractivity contribution in [2.24, 2.45) is 11.1 Å². The van der Waals surface area contributed by atoms with Gasteiger partial charge in [-0.2, -0.15) is 0 Å². The van der Waals surface area contributed by atoms with Crippen LogP contribution >= 0.6 is 0 Å². The molecule has 0 unspecified atom stereocenters. The average Bonchev–Trinajstić information content (AvgIpc) is 2.80. The Morgan fingerprint density at radius 1 is 1.35 bits per heavy atom. The standard InChI is InChI=1S/C15H23NO/c1-12-5-4-6-13(9-12)14(10-16)15(11-17)7-2-3-8-15/h4-6,9,14,17H,2-3,7-8,10-11,16H2,1H3/t14-/m0/s1. The van der Waals surface area contributed by atoms with Gasteiger partial charge in [-0.05, 0) is 31.9 Å². The van der Waals surface area contributed by atoms with Crippen molar-refractivity contribution in [3.63, 3.8) is 0 Å². The Balaban J connectivity index is 2.32. The van der Waals surface area contributed by atoms with E-state index in [1.54, 1.807) is 0 Å². The largest absolute Gasteiger partial charge is 0.396 e. The molecule has 1 aliphatic carbocycles. The van der Waals surface area contributed by atoms with Crippen molar-refractivity contribution in [2.75, 3.05) is 13.2 Å². The number of aliphatic hydroxyl groups is 1. The molecule has 1 aromatic rings. The zero-order valence-electron chi connectivity index (χ0n) is 10.7. The molecule has 1 aliphatic rings. The van der Waals surface area contributed by atoms with Crippen LogP contribution in [0.5, 0.6) is 0 Å². The molecular weight excluding hydrogens is 210 g/mol. The second kappa shape index (κ2) is 5.19. The maximum Gasteiger partial charge on any atom is 0.0493 e. The van der Waals surface area contributed by atoms with Crippen LogP contribution in [0.2, 0.25) is 0 Å². The SMILES string of the molecule is Cc1cccc([C@H](CN)C2(CO)CCCC2)c1. The van der Waals surface area contributed by atoms with Crippen LogP contribution in [0.4, 0.5) is 0 Å². The van der Waals surface area contributed by atoms with E-state index in [0.717, 1.165) is 12.8 Å². The van der Waals surface area contributed by atoms with Gasteiger partial charge in [0.25, 0.3) is 0 Å². The first-order valence-electron chi connectivity index (χ1n) is 6.59. The number of aryl methyl sites for hydroxylation is 1. The number of benzene rings is 1. The Morgan fingerprint density at radius 2 is 2.06 bits per heavy atom. The second-order valence-corrected chi connectivity index (χ2v) is 5.43. The summed E-state index contributed by atoms with van der Waals surface area (Å²) >= 11 is 0. The van der Waals surface area contributed by atoms with Crippen molar-refractivity contribution in [1.29, 1.82) is 0 Å². The lowest BCUT2D eigenvalue weighted by Crippen LogP contribution is -2.34. The molecule has 2 heteroatoms. The van der Waals surface area contributed by atoms with Gasteiger partial charge in [0.05, 0.1) is 0 Å². The Labute approximate surface area is 104 Å². The molecule has 0 radical (unpaired) electrons. The molecule has 1 aromatic carbocycles. The lowest BCUT2D eigenvalue weighted by Gasteiger charge is -2.36. The maximum atomic E-state index is 9.79. The highest BCUT2D eigenvalue weighted by Crippen LogP contribution is 2.48. The first kappa shape index (κ1) is 12.6. The molecule has 0 spiro atoms. The molecule has 0 aromatic heterocycles. The van der Waals surface area contributed by atoms with Crippen LogP contribution < -0.4 is 5.73 Å². The summed E-state index contributed by atoms with van der Waals surface area (Å²) in [7, 11) is 0. The van der Waals surface area contributed by atoms with Gasteiger partial charge in [-0.15, -0.1) is 0 Å². The highest BCUT2D eigenvalue weighted by Gasteiger charge is 2.40. The summed E-state index contributed by atoms with van der Waals surface area (Å²) in [5.74, 6) is 0.301.